The van der Waals surface area contributed by atoms with E-state index in [1.54, 1.807) is 30.3 Å². The van der Waals surface area contributed by atoms with Crippen molar-refractivity contribution in [1.82, 2.24) is 5.32 Å². The molecule has 0 atom stereocenters. The third kappa shape index (κ3) is 5.32. The van der Waals surface area contributed by atoms with Gasteiger partial charge in [0.25, 0.3) is 16.0 Å². The number of rotatable bonds is 6. The number of hydrogen-bond acceptors (Lipinski definition) is 5. The Balaban J connectivity index is 2.07. The van der Waals surface area contributed by atoms with Gasteiger partial charge < -0.3 is 10.6 Å². The van der Waals surface area contributed by atoms with Crippen LogP contribution in [0.5, 0.6) is 0 Å². The summed E-state index contributed by atoms with van der Waals surface area (Å²) in [4.78, 5) is 11.8. The molecule has 0 saturated carbocycles. The van der Waals surface area contributed by atoms with E-state index in [-0.39, 0.29) is 22.7 Å². The van der Waals surface area contributed by atoms with Crippen LogP contribution >= 0.6 is 11.6 Å². The van der Waals surface area contributed by atoms with Crippen LogP contribution in [0.15, 0.2) is 65.2 Å². The molecule has 0 bridgehead atoms. The minimum absolute atomic E-state index is 0.149. The number of benzene rings is 2. The van der Waals surface area contributed by atoms with Gasteiger partial charge in [-0.1, -0.05) is 35.9 Å². The molecule has 2 rings (SSSR count). The molecule has 0 fully saturated rings. The second kappa shape index (κ2) is 8.49. The Morgan fingerprint density at radius 1 is 1.23 bits per heavy atom. The molecule has 0 aliphatic rings. The lowest BCUT2D eigenvalue weighted by Gasteiger charge is -2.07. The van der Waals surface area contributed by atoms with Crippen LogP contribution < -0.4 is 10.6 Å². The zero-order chi connectivity index (χ0) is 19.2. The van der Waals surface area contributed by atoms with Gasteiger partial charge >= 0.3 is 0 Å². The lowest BCUT2D eigenvalue weighted by Crippen LogP contribution is -2.24. The van der Waals surface area contributed by atoms with E-state index in [0.717, 1.165) is 6.20 Å². The van der Waals surface area contributed by atoms with Crippen molar-refractivity contribution in [3.63, 3.8) is 0 Å². The molecule has 0 unspecified atom stereocenters. The molecule has 0 spiro atoms. The summed E-state index contributed by atoms with van der Waals surface area (Å²) in [6.07, 6.45) is 1.14. The van der Waals surface area contributed by atoms with Crippen LogP contribution in [-0.2, 0) is 21.5 Å². The number of halogens is 1. The standard InChI is InChI=1S/C17H14ClN3O4S/c18-16-7-2-1-4-12(16)10-21-17(22)13(9-19)11-20-14-5-3-6-15(8-14)26(23,24)25/h1-8,11,20H,10H2,(H,21,22)(H,23,24,25)/b13-11-. The van der Waals surface area contributed by atoms with Crippen molar-refractivity contribution < 1.29 is 17.8 Å². The van der Waals surface area contributed by atoms with Crippen LogP contribution in [0, 0.1) is 11.3 Å². The molecular formula is C17H14ClN3O4S. The van der Waals surface area contributed by atoms with Gasteiger partial charge in [-0.25, -0.2) is 0 Å². The quantitative estimate of drug-likeness (QED) is 0.395. The monoisotopic (exact) mass is 391 g/mol. The second-order valence-corrected chi connectivity index (χ2v) is 6.92. The zero-order valence-corrected chi connectivity index (χ0v) is 14.9. The molecule has 134 valence electrons. The molecule has 26 heavy (non-hydrogen) atoms. The summed E-state index contributed by atoms with van der Waals surface area (Å²) in [6.45, 7) is 0.149. The number of nitrogens with one attached hydrogen (secondary N) is 2. The lowest BCUT2D eigenvalue weighted by atomic mass is 10.2. The highest BCUT2D eigenvalue weighted by atomic mass is 35.5. The summed E-state index contributed by atoms with van der Waals surface area (Å²) in [5.74, 6) is -0.620. The fourth-order valence-electron chi connectivity index (χ4n) is 1.96. The molecule has 3 N–H and O–H groups in total. The molecule has 0 saturated heterocycles. The van der Waals surface area contributed by atoms with Crippen LogP contribution in [0.2, 0.25) is 5.02 Å². The van der Waals surface area contributed by atoms with Gasteiger partial charge in [0, 0.05) is 23.5 Å². The maximum absolute atomic E-state index is 12.1. The normalized spacial score (nSPS) is 11.5. The van der Waals surface area contributed by atoms with Crippen LogP contribution in [-0.4, -0.2) is 18.9 Å². The second-order valence-electron chi connectivity index (χ2n) is 5.09. The number of nitrogens with zero attached hydrogens (tertiary/aromatic N) is 1. The van der Waals surface area contributed by atoms with Gasteiger partial charge in [0.2, 0.25) is 0 Å². The smallest absolute Gasteiger partial charge is 0.294 e. The molecule has 2 aromatic rings. The van der Waals surface area contributed by atoms with Gasteiger partial charge in [-0.05, 0) is 29.8 Å². The van der Waals surface area contributed by atoms with Gasteiger partial charge in [-0.3, -0.25) is 9.35 Å². The van der Waals surface area contributed by atoms with Crippen molar-refractivity contribution in [1.29, 1.82) is 5.26 Å². The number of carbonyl (C=O) groups excluding carboxylic acids is 1. The van der Waals surface area contributed by atoms with Crippen molar-refractivity contribution in [2.24, 2.45) is 0 Å². The van der Waals surface area contributed by atoms with Crippen molar-refractivity contribution in [3.05, 3.63) is 70.9 Å². The van der Waals surface area contributed by atoms with Crippen LogP contribution in [0.3, 0.4) is 0 Å². The summed E-state index contributed by atoms with van der Waals surface area (Å²) >= 11 is 6.00. The number of carbonyl (C=O) groups is 1. The predicted octanol–water partition coefficient (Wildman–Crippen LogP) is 2.72. The van der Waals surface area contributed by atoms with Crippen LogP contribution in [0.25, 0.3) is 0 Å². The number of amides is 1. The molecule has 0 radical (unpaired) electrons. The minimum atomic E-state index is -4.35. The molecule has 2 aromatic carbocycles. The number of nitriles is 1. The Morgan fingerprint density at radius 2 is 1.96 bits per heavy atom. The first-order valence-electron chi connectivity index (χ1n) is 7.27. The highest BCUT2D eigenvalue weighted by Crippen LogP contribution is 2.16. The molecule has 0 aromatic heterocycles. The molecule has 9 heteroatoms. The van der Waals surface area contributed by atoms with Gasteiger partial charge in [0.05, 0.1) is 4.90 Å². The Labute approximate surface area is 155 Å². The Morgan fingerprint density at radius 3 is 2.62 bits per heavy atom. The van der Waals surface area contributed by atoms with E-state index in [4.69, 9.17) is 21.4 Å². The summed E-state index contributed by atoms with van der Waals surface area (Å²) in [5, 5.41) is 14.8. The van der Waals surface area contributed by atoms with E-state index < -0.39 is 16.0 Å². The van der Waals surface area contributed by atoms with E-state index in [2.05, 4.69) is 10.6 Å². The van der Waals surface area contributed by atoms with Crippen LogP contribution in [0.4, 0.5) is 5.69 Å². The van der Waals surface area contributed by atoms with E-state index in [1.165, 1.54) is 24.3 Å². The van der Waals surface area contributed by atoms with E-state index in [1.807, 2.05) is 0 Å². The molecular weight excluding hydrogens is 378 g/mol. The van der Waals surface area contributed by atoms with Gasteiger partial charge in [-0.15, -0.1) is 0 Å². The first kappa shape index (κ1) is 19.5. The third-order valence-corrected chi connectivity index (χ3v) is 4.50. The van der Waals surface area contributed by atoms with Gasteiger partial charge in [-0.2, -0.15) is 13.7 Å². The molecule has 1 amide bonds. The first-order chi connectivity index (χ1) is 12.3. The Bertz CT molecular complexity index is 997. The summed E-state index contributed by atoms with van der Waals surface area (Å²) in [7, 11) is -4.35. The minimum Gasteiger partial charge on any atom is -0.360 e. The molecule has 0 aliphatic heterocycles. The predicted molar refractivity (Wildman–Crippen MR) is 96.9 cm³/mol. The third-order valence-electron chi connectivity index (χ3n) is 3.28. The largest absolute Gasteiger partial charge is 0.360 e. The average Bonchev–Trinajstić information content (AvgIpc) is 2.61. The van der Waals surface area contributed by atoms with E-state index in [9.17, 15) is 13.2 Å². The summed E-state index contributed by atoms with van der Waals surface area (Å²) in [6, 6.07) is 14.0. The van der Waals surface area contributed by atoms with Crippen molar-refractivity contribution in [2.45, 2.75) is 11.4 Å². The molecule has 7 nitrogen and oxygen atoms in total. The van der Waals surface area contributed by atoms with Crippen molar-refractivity contribution in [2.75, 3.05) is 5.32 Å². The van der Waals surface area contributed by atoms with Crippen molar-refractivity contribution >= 4 is 33.3 Å². The highest BCUT2D eigenvalue weighted by Gasteiger charge is 2.11. The fraction of sp³-hybridized carbons (Fsp3) is 0.0588. The highest BCUT2D eigenvalue weighted by molar-refractivity contribution is 7.85. The zero-order valence-electron chi connectivity index (χ0n) is 13.3. The van der Waals surface area contributed by atoms with Gasteiger partial charge in [0.1, 0.15) is 11.6 Å². The Kier molecular flexibility index (Phi) is 6.36. The lowest BCUT2D eigenvalue weighted by molar-refractivity contribution is -0.117. The van der Waals surface area contributed by atoms with Crippen molar-refractivity contribution in [3.8, 4) is 6.07 Å². The maximum Gasteiger partial charge on any atom is 0.294 e. The number of anilines is 1. The summed E-state index contributed by atoms with van der Waals surface area (Å²) < 4.78 is 31.3. The van der Waals surface area contributed by atoms with E-state index >= 15 is 0 Å². The maximum atomic E-state index is 12.1. The van der Waals surface area contributed by atoms with E-state index in [0.29, 0.717) is 10.6 Å². The fourth-order valence-corrected chi connectivity index (χ4v) is 2.69. The molecule has 0 heterocycles. The first-order valence-corrected chi connectivity index (χ1v) is 9.09. The number of hydrogen-bond donors (Lipinski definition) is 3. The SMILES string of the molecule is N#C/C(=C/Nc1cccc(S(=O)(=O)O)c1)C(=O)NCc1ccccc1Cl. The average molecular weight is 392 g/mol. The van der Waals surface area contributed by atoms with Gasteiger partial charge in [0.15, 0.2) is 0 Å². The van der Waals surface area contributed by atoms with Crippen LogP contribution in [0.1, 0.15) is 5.56 Å². The summed E-state index contributed by atoms with van der Waals surface area (Å²) in [5.41, 5.74) is 0.773. The Hall–Kier alpha value is -2.86. The topological polar surface area (TPSA) is 119 Å². The molecule has 0 aliphatic carbocycles.